The number of aryl methyl sites for hydroxylation is 1. The van der Waals surface area contributed by atoms with Gasteiger partial charge in [0.2, 0.25) is 0 Å². The quantitative estimate of drug-likeness (QED) is 0.900. The van der Waals surface area contributed by atoms with Gasteiger partial charge in [0.25, 0.3) is 0 Å². The van der Waals surface area contributed by atoms with Crippen LogP contribution in [0.4, 0.5) is 4.39 Å². The van der Waals surface area contributed by atoms with Crippen LogP contribution >= 0.6 is 0 Å². The summed E-state index contributed by atoms with van der Waals surface area (Å²) in [6.45, 7) is 2.70. The van der Waals surface area contributed by atoms with E-state index in [2.05, 4.69) is 5.10 Å². The molecule has 2 aromatic rings. The fourth-order valence-corrected chi connectivity index (χ4v) is 1.55. The molecular formula is C13H13FN2O3. The summed E-state index contributed by atoms with van der Waals surface area (Å²) in [5.74, 6) is -1.21. The van der Waals surface area contributed by atoms with Gasteiger partial charge in [0, 0.05) is 12.1 Å². The molecule has 1 aromatic heterocycles. The van der Waals surface area contributed by atoms with Gasteiger partial charge in [-0.15, -0.1) is 0 Å². The summed E-state index contributed by atoms with van der Waals surface area (Å²) >= 11 is 0. The molecule has 2 rings (SSSR count). The Balaban J connectivity index is 2.05. The summed E-state index contributed by atoms with van der Waals surface area (Å²) in [6, 6.07) is 3.74. The Labute approximate surface area is 109 Å². The van der Waals surface area contributed by atoms with E-state index in [4.69, 9.17) is 9.84 Å². The molecule has 1 heterocycles. The smallest absolute Gasteiger partial charge is 0.335 e. The number of hydrogen-bond acceptors (Lipinski definition) is 3. The third-order valence-corrected chi connectivity index (χ3v) is 2.63. The second-order valence-corrected chi connectivity index (χ2v) is 3.93. The number of carbonyl (C=O) groups is 1. The normalized spacial score (nSPS) is 10.4. The van der Waals surface area contributed by atoms with E-state index in [1.54, 1.807) is 17.1 Å². The maximum absolute atomic E-state index is 13.6. The Bertz CT molecular complexity index is 595. The first-order chi connectivity index (χ1) is 9.10. The van der Waals surface area contributed by atoms with Crippen molar-refractivity contribution in [1.29, 1.82) is 0 Å². The minimum absolute atomic E-state index is 0.0289. The molecule has 0 bridgehead atoms. The zero-order valence-corrected chi connectivity index (χ0v) is 10.3. The Morgan fingerprint density at radius 2 is 2.32 bits per heavy atom. The lowest BCUT2D eigenvalue weighted by Gasteiger charge is -2.05. The predicted molar refractivity (Wildman–Crippen MR) is 65.6 cm³/mol. The molecule has 0 aliphatic carbocycles. The molecule has 6 heteroatoms. The van der Waals surface area contributed by atoms with E-state index in [1.807, 2.05) is 6.92 Å². The van der Waals surface area contributed by atoms with Crippen LogP contribution in [0.25, 0.3) is 0 Å². The van der Waals surface area contributed by atoms with Crippen molar-refractivity contribution in [2.45, 2.75) is 20.1 Å². The molecule has 1 N–H and O–H groups in total. The van der Waals surface area contributed by atoms with Gasteiger partial charge in [0.05, 0.1) is 18.0 Å². The van der Waals surface area contributed by atoms with E-state index in [-0.39, 0.29) is 12.2 Å². The van der Waals surface area contributed by atoms with Crippen molar-refractivity contribution >= 4 is 5.97 Å². The molecule has 0 atom stereocenters. The number of aromatic nitrogens is 2. The molecule has 0 spiro atoms. The first kappa shape index (κ1) is 13.1. The number of ether oxygens (including phenoxy) is 1. The Morgan fingerprint density at radius 1 is 1.53 bits per heavy atom. The van der Waals surface area contributed by atoms with Gasteiger partial charge in [-0.3, -0.25) is 4.68 Å². The third-order valence-electron chi connectivity index (χ3n) is 2.63. The molecule has 100 valence electrons. The molecule has 0 saturated carbocycles. The average Bonchev–Trinajstić information content (AvgIpc) is 2.85. The van der Waals surface area contributed by atoms with E-state index in [0.717, 1.165) is 12.6 Å². The molecule has 0 radical (unpaired) electrons. The maximum atomic E-state index is 13.6. The Kier molecular flexibility index (Phi) is 3.79. The molecule has 0 unspecified atom stereocenters. The van der Waals surface area contributed by atoms with Crippen molar-refractivity contribution in [3.05, 3.63) is 47.5 Å². The standard InChI is InChI=1S/C13H13FN2O3/c1-2-16-7-11(6-15-16)19-8-10-4-3-9(13(17)18)5-12(10)14/h3-7H,2,8H2,1H3,(H,17,18). The van der Waals surface area contributed by atoms with Crippen LogP contribution in [0.3, 0.4) is 0 Å². The minimum Gasteiger partial charge on any atom is -0.486 e. The van der Waals surface area contributed by atoms with E-state index in [9.17, 15) is 9.18 Å². The van der Waals surface area contributed by atoms with Crippen LogP contribution in [0.5, 0.6) is 5.75 Å². The van der Waals surface area contributed by atoms with Crippen LogP contribution in [0.1, 0.15) is 22.8 Å². The minimum atomic E-state index is -1.16. The zero-order valence-electron chi connectivity index (χ0n) is 10.3. The molecule has 5 nitrogen and oxygen atoms in total. The van der Waals surface area contributed by atoms with Crippen molar-refractivity contribution in [3.8, 4) is 5.75 Å². The SMILES string of the molecule is CCn1cc(OCc2ccc(C(=O)O)cc2F)cn1. The van der Waals surface area contributed by atoms with Gasteiger partial charge < -0.3 is 9.84 Å². The lowest BCUT2D eigenvalue weighted by atomic mass is 10.1. The molecule has 1 aromatic carbocycles. The monoisotopic (exact) mass is 264 g/mol. The first-order valence-electron chi connectivity index (χ1n) is 5.77. The molecule has 0 aliphatic heterocycles. The Hall–Kier alpha value is -2.37. The van der Waals surface area contributed by atoms with Gasteiger partial charge in [0.1, 0.15) is 12.4 Å². The number of rotatable bonds is 5. The molecule has 19 heavy (non-hydrogen) atoms. The average molecular weight is 264 g/mol. The first-order valence-corrected chi connectivity index (χ1v) is 5.77. The highest BCUT2D eigenvalue weighted by Gasteiger charge is 2.09. The van der Waals surface area contributed by atoms with Crippen LogP contribution in [-0.4, -0.2) is 20.9 Å². The Morgan fingerprint density at radius 3 is 2.89 bits per heavy atom. The second-order valence-electron chi connectivity index (χ2n) is 3.93. The summed E-state index contributed by atoms with van der Waals surface area (Å²) in [4.78, 5) is 10.7. The van der Waals surface area contributed by atoms with Crippen molar-refractivity contribution < 1.29 is 19.0 Å². The van der Waals surface area contributed by atoms with Gasteiger partial charge in [0.15, 0.2) is 5.75 Å². The highest BCUT2D eigenvalue weighted by molar-refractivity contribution is 5.87. The summed E-state index contributed by atoms with van der Waals surface area (Å²) in [5.41, 5.74) is 0.217. The second kappa shape index (κ2) is 5.51. The van der Waals surface area contributed by atoms with Gasteiger partial charge in [-0.1, -0.05) is 6.07 Å². The number of aromatic carboxylic acids is 1. The van der Waals surface area contributed by atoms with E-state index in [0.29, 0.717) is 11.3 Å². The number of carboxylic acid groups (broad SMARTS) is 1. The zero-order chi connectivity index (χ0) is 13.8. The fourth-order valence-electron chi connectivity index (χ4n) is 1.55. The lowest BCUT2D eigenvalue weighted by Crippen LogP contribution is -2.02. The largest absolute Gasteiger partial charge is 0.486 e. The topological polar surface area (TPSA) is 64.3 Å². The summed E-state index contributed by atoms with van der Waals surface area (Å²) < 4.78 is 20.7. The van der Waals surface area contributed by atoms with Gasteiger partial charge in [-0.05, 0) is 19.1 Å². The predicted octanol–water partition coefficient (Wildman–Crippen LogP) is 2.32. The van der Waals surface area contributed by atoms with Crippen molar-refractivity contribution in [2.75, 3.05) is 0 Å². The molecule has 0 saturated heterocycles. The van der Waals surface area contributed by atoms with Crippen LogP contribution in [0.15, 0.2) is 30.6 Å². The number of hydrogen-bond donors (Lipinski definition) is 1. The van der Waals surface area contributed by atoms with Crippen molar-refractivity contribution in [2.24, 2.45) is 0 Å². The van der Waals surface area contributed by atoms with Gasteiger partial charge in [-0.25, -0.2) is 9.18 Å². The van der Waals surface area contributed by atoms with Crippen LogP contribution in [-0.2, 0) is 13.2 Å². The lowest BCUT2D eigenvalue weighted by molar-refractivity contribution is 0.0696. The van der Waals surface area contributed by atoms with Gasteiger partial charge in [-0.2, -0.15) is 5.10 Å². The molecular weight excluding hydrogens is 251 g/mol. The molecule has 0 fully saturated rings. The van der Waals surface area contributed by atoms with Crippen LogP contribution in [0, 0.1) is 5.82 Å². The number of benzene rings is 1. The van der Waals surface area contributed by atoms with Crippen molar-refractivity contribution in [1.82, 2.24) is 9.78 Å². The van der Waals surface area contributed by atoms with Crippen LogP contribution < -0.4 is 4.74 Å². The van der Waals surface area contributed by atoms with E-state index >= 15 is 0 Å². The molecule has 0 amide bonds. The summed E-state index contributed by atoms with van der Waals surface area (Å²) in [7, 11) is 0. The van der Waals surface area contributed by atoms with Gasteiger partial charge >= 0.3 is 5.97 Å². The summed E-state index contributed by atoms with van der Waals surface area (Å²) in [6.07, 6.45) is 3.26. The third kappa shape index (κ3) is 3.09. The number of nitrogens with zero attached hydrogens (tertiary/aromatic N) is 2. The van der Waals surface area contributed by atoms with Crippen molar-refractivity contribution in [3.63, 3.8) is 0 Å². The molecule has 0 aliphatic rings. The summed E-state index contributed by atoms with van der Waals surface area (Å²) in [5, 5.41) is 12.8. The number of carboxylic acids is 1. The van der Waals surface area contributed by atoms with Crippen LogP contribution in [0.2, 0.25) is 0 Å². The number of halogens is 1. The highest BCUT2D eigenvalue weighted by Crippen LogP contribution is 2.15. The van der Waals surface area contributed by atoms with E-state index < -0.39 is 11.8 Å². The highest BCUT2D eigenvalue weighted by atomic mass is 19.1. The maximum Gasteiger partial charge on any atom is 0.335 e. The van der Waals surface area contributed by atoms with E-state index in [1.165, 1.54) is 12.1 Å². The fraction of sp³-hybridized carbons (Fsp3) is 0.231.